The summed E-state index contributed by atoms with van der Waals surface area (Å²) in [7, 11) is 0. The van der Waals surface area contributed by atoms with Crippen LogP contribution in [0.25, 0.3) is 22.3 Å². The summed E-state index contributed by atoms with van der Waals surface area (Å²) in [6.45, 7) is 2.32. The minimum Gasteiger partial charge on any atom is -0.464 e. The van der Waals surface area contributed by atoms with Crippen molar-refractivity contribution in [3.05, 3.63) is 30.7 Å². The Kier molecular flexibility index (Phi) is 4.99. The van der Waals surface area contributed by atoms with E-state index in [1.54, 1.807) is 29.4 Å². The SMILES string of the molecule is O=C1CNc2ncc(-c3ccnc4c3ccn4C(=O)O)nc2N1CCC1CCOCC1. The zero-order chi connectivity index (χ0) is 21.4. The van der Waals surface area contributed by atoms with Gasteiger partial charge in [-0.2, -0.15) is 0 Å². The van der Waals surface area contributed by atoms with Crippen molar-refractivity contribution < 1.29 is 19.4 Å². The van der Waals surface area contributed by atoms with Gasteiger partial charge in [0.2, 0.25) is 5.91 Å². The first kappa shape index (κ1) is 19.4. The first-order valence-electron chi connectivity index (χ1n) is 10.3. The summed E-state index contributed by atoms with van der Waals surface area (Å²) in [5, 5.41) is 13.0. The van der Waals surface area contributed by atoms with E-state index >= 15 is 0 Å². The Morgan fingerprint density at radius 3 is 2.90 bits per heavy atom. The fourth-order valence-electron chi connectivity index (χ4n) is 4.19. The largest absolute Gasteiger partial charge is 0.464 e. The lowest BCUT2D eigenvalue weighted by molar-refractivity contribution is -0.117. The van der Waals surface area contributed by atoms with E-state index in [-0.39, 0.29) is 12.5 Å². The van der Waals surface area contributed by atoms with Gasteiger partial charge in [-0.15, -0.1) is 0 Å². The van der Waals surface area contributed by atoms with Crippen molar-refractivity contribution in [2.45, 2.75) is 19.3 Å². The van der Waals surface area contributed by atoms with Crippen LogP contribution in [0.5, 0.6) is 0 Å². The quantitative estimate of drug-likeness (QED) is 0.658. The molecular formula is C21H22N6O4. The molecule has 3 aromatic rings. The summed E-state index contributed by atoms with van der Waals surface area (Å²) in [6, 6.07) is 3.47. The molecule has 0 spiro atoms. The number of aromatic nitrogens is 4. The molecule has 5 rings (SSSR count). The average molecular weight is 422 g/mol. The summed E-state index contributed by atoms with van der Waals surface area (Å²) < 4.78 is 6.49. The van der Waals surface area contributed by atoms with E-state index < -0.39 is 6.09 Å². The van der Waals surface area contributed by atoms with Crippen LogP contribution in [0.15, 0.2) is 30.7 Å². The molecule has 0 unspecified atom stereocenters. The van der Waals surface area contributed by atoms with Crippen LogP contribution >= 0.6 is 0 Å². The molecule has 2 aliphatic rings. The number of hydrogen-bond acceptors (Lipinski definition) is 7. The molecule has 3 aromatic heterocycles. The van der Waals surface area contributed by atoms with Gasteiger partial charge in [-0.1, -0.05) is 0 Å². The topological polar surface area (TPSA) is 122 Å². The minimum atomic E-state index is -1.11. The maximum absolute atomic E-state index is 12.7. The van der Waals surface area contributed by atoms with Crippen LogP contribution in [0.4, 0.5) is 16.4 Å². The number of ether oxygens (including phenoxy) is 1. The standard InChI is InChI=1S/C21H22N6O4/c28-17-12-24-18-20(26(17)7-2-13-4-9-31-10-5-13)25-16(11-23-18)14-1-6-22-19-15(14)3-8-27(19)21(29)30/h1,3,6,8,11,13H,2,4-5,7,9-10,12H2,(H,23,24)(H,29,30). The average Bonchev–Trinajstić information content (AvgIpc) is 3.23. The monoisotopic (exact) mass is 422 g/mol. The maximum Gasteiger partial charge on any atom is 0.417 e. The summed E-state index contributed by atoms with van der Waals surface area (Å²) >= 11 is 0. The molecule has 0 aromatic carbocycles. The van der Waals surface area contributed by atoms with E-state index in [1.807, 2.05) is 0 Å². The maximum atomic E-state index is 12.7. The number of nitrogens with one attached hydrogen (secondary N) is 1. The molecule has 160 valence electrons. The Balaban J connectivity index is 1.49. The van der Waals surface area contributed by atoms with Gasteiger partial charge in [0, 0.05) is 43.1 Å². The van der Waals surface area contributed by atoms with Gasteiger partial charge < -0.3 is 15.2 Å². The van der Waals surface area contributed by atoms with Crippen LogP contribution in [0, 0.1) is 5.92 Å². The third-order valence-electron chi connectivity index (χ3n) is 5.89. The Bertz CT molecular complexity index is 1150. The van der Waals surface area contributed by atoms with E-state index in [0.29, 0.717) is 46.4 Å². The number of amides is 1. The highest BCUT2D eigenvalue weighted by Gasteiger charge is 2.28. The second-order valence-corrected chi connectivity index (χ2v) is 7.73. The highest BCUT2D eigenvalue weighted by atomic mass is 16.5. The van der Waals surface area contributed by atoms with E-state index in [9.17, 15) is 14.7 Å². The molecule has 10 heteroatoms. The Morgan fingerprint density at radius 2 is 2.10 bits per heavy atom. The molecule has 0 radical (unpaired) electrons. The van der Waals surface area contributed by atoms with E-state index in [2.05, 4.69) is 15.3 Å². The molecule has 2 N–H and O–H groups in total. The van der Waals surface area contributed by atoms with Crippen molar-refractivity contribution in [2.24, 2.45) is 5.92 Å². The lowest BCUT2D eigenvalue weighted by Crippen LogP contribution is -2.42. The Hall–Kier alpha value is -3.53. The lowest BCUT2D eigenvalue weighted by Gasteiger charge is -2.30. The molecule has 31 heavy (non-hydrogen) atoms. The van der Waals surface area contributed by atoms with Crippen molar-refractivity contribution in [1.29, 1.82) is 0 Å². The van der Waals surface area contributed by atoms with Crippen molar-refractivity contribution in [1.82, 2.24) is 19.5 Å². The van der Waals surface area contributed by atoms with Crippen molar-refractivity contribution in [3.8, 4) is 11.3 Å². The molecule has 10 nitrogen and oxygen atoms in total. The number of nitrogens with zero attached hydrogens (tertiary/aromatic N) is 5. The minimum absolute atomic E-state index is 0.0390. The predicted molar refractivity (Wildman–Crippen MR) is 113 cm³/mol. The summed E-state index contributed by atoms with van der Waals surface area (Å²) in [5.41, 5.74) is 1.60. The fourth-order valence-corrected chi connectivity index (χ4v) is 4.19. The van der Waals surface area contributed by atoms with Gasteiger partial charge in [0.25, 0.3) is 0 Å². The van der Waals surface area contributed by atoms with Gasteiger partial charge >= 0.3 is 6.09 Å². The van der Waals surface area contributed by atoms with Gasteiger partial charge in [-0.25, -0.2) is 24.3 Å². The van der Waals surface area contributed by atoms with Crippen LogP contribution in [0.3, 0.4) is 0 Å². The molecule has 2 aliphatic heterocycles. The van der Waals surface area contributed by atoms with Crippen LogP contribution in [-0.2, 0) is 9.53 Å². The van der Waals surface area contributed by atoms with Crippen molar-refractivity contribution >= 4 is 34.7 Å². The zero-order valence-electron chi connectivity index (χ0n) is 16.8. The van der Waals surface area contributed by atoms with E-state index in [4.69, 9.17) is 9.72 Å². The number of carbonyl (C=O) groups excluding carboxylic acids is 1. The molecule has 0 atom stereocenters. The van der Waals surface area contributed by atoms with Crippen LogP contribution in [-0.4, -0.2) is 62.9 Å². The number of anilines is 2. The van der Waals surface area contributed by atoms with E-state index in [0.717, 1.165) is 37.0 Å². The highest BCUT2D eigenvalue weighted by molar-refractivity contribution is 6.01. The molecule has 5 heterocycles. The molecule has 1 saturated heterocycles. The van der Waals surface area contributed by atoms with Gasteiger partial charge in [0.1, 0.15) is 5.65 Å². The van der Waals surface area contributed by atoms with Crippen LogP contribution in [0.2, 0.25) is 0 Å². The molecule has 1 amide bonds. The molecule has 0 bridgehead atoms. The molecule has 0 saturated carbocycles. The lowest BCUT2D eigenvalue weighted by atomic mass is 9.96. The van der Waals surface area contributed by atoms with E-state index in [1.165, 1.54) is 6.20 Å². The van der Waals surface area contributed by atoms with Crippen molar-refractivity contribution in [3.63, 3.8) is 0 Å². The zero-order valence-corrected chi connectivity index (χ0v) is 16.8. The Morgan fingerprint density at radius 1 is 1.26 bits per heavy atom. The number of pyridine rings is 1. The first-order chi connectivity index (χ1) is 15.1. The van der Waals surface area contributed by atoms with Gasteiger partial charge in [-0.05, 0) is 37.3 Å². The van der Waals surface area contributed by atoms with Gasteiger partial charge in [-0.3, -0.25) is 9.69 Å². The fraction of sp³-hybridized carbons (Fsp3) is 0.381. The van der Waals surface area contributed by atoms with Gasteiger partial charge in [0.05, 0.1) is 18.4 Å². The predicted octanol–water partition coefficient (Wildman–Crippen LogP) is 2.59. The second-order valence-electron chi connectivity index (χ2n) is 7.73. The third-order valence-corrected chi connectivity index (χ3v) is 5.89. The molecule has 0 aliphatic carbocycles. The smallest absolute Gasteiger partial charge is 0.417 e. The van der Waals surface area contributed by atoms with Crippen molar-refractivity contribution in [2.75, 3.05) is 36.5 Å². The Labute approximate surface area is 177 Å². The van der Waals surface area contributed by atoms with Crippen LogP contribution in [0.1, 0.15) is 19.3 Å². The summed E-state index contributed by atoms with van der Waals surface area (Å²) in [6.07, 6.45) is 6.44. The van der Waals surface area contributed by atoms with Crippen LogP contribution < -0.4 is 10.2 Å². The second kappa shape index (κ2) is 7.95. The number of hydrogen-bond donors (Lipinski definition) is 2. The third kappa shape index (κ3) is 3.59. The summed E-state index contributed by atoms with van der Waals surface area (Å²) in [4.78, 5) is 39.2. The van der Waals surface area contributed by atoms with Gasteiger partial charge in [0.15, 0.2) is 11.6 Å². The molecule has 1 fully saturated rings. The number of carbonyl (C=O) groups is 2. The number of rotatable bonds is 4. The highest BCUT2D eigenvalue weighted by Crippen LogP contribution is 2.32. The number of carboxylic acid groups (broad SMARTS) is 1. The summed E-state index contributed by atoms with van der Waals surface area (Å²) in [5.74, 6) is 1.57. The first-order valence-corrected chi connectivity index (χ1v) is 10.3. The molecular weight excluding hydrogens is 400 g/mol. The normalized spacial score (nSPS) is 16.9. The number of fused-ring (bicyclic) bond motifs is 2.